The summed E-state index contributed by atoms with van der Waals surface area (Å²) in [6.45, 7) is 1.85. The minimum atomic E-state index is -0.427. The van der Waals surface area contributed by atoms with Gasteiger partial charge in [0.2, 0.25) is 11.9 Å². The summed E-state index contributed by atoms with van der Waals surface area (Å²) in [5.41, 5.74) is 7.09. The summed E-state index contributed by atoms with van der Waals surface area (Å²) in [6.07, 6.45) is 0. The van der Waals surface area contributed by atoms with E-state index in [1.54, 1.807) is 37.2 Å². The Morgan fingerprint density at radius 3 is 2.71 bits per heavy atom. The minimum absolute atomic E-state index is 0.0552. The Morgan fingerprint density at radius 2 is 2.05 bits per heavy atom. The van der Waals surface area contributed by atoms with Crippen molar-refractivity contribution in [2.75, 3.05) is 24.7 Å². The van der Waals surface area contributed by atoms with Crippen LogP contribution in [0.15, 0.2) is 24.3 Å². The molecule has 0 aliphatic rings. The molecule has 0 fully saturated rings. The van der Waals surface area contributed by atoms with Crippen molar-refractivity contribution >= 4 is 17.9 Å². The van der Waals surface area contributed by atoms with Crippen LogP contribution in [0.3, 0.4) is 0 Å². The van der Waals surface area contributed by atoms with E-state index in [1.165, 1.54) is 0 Å². The van der Waals surface area contributed by atoms with Gasteiger partial charge in [-0.05, 0) is 19.1 Å². The maximum atomic E-state index is 11.9. The lowest BCUT2D eigenvalue weighted by molar-refractivity contribution is 0.0462. The van der Waals surface area contributed by atoms with Crippen molar-refractivity contribution < 1.29 is 9.53 Å². The normalized spacial score (nSPS) is 10.2. The Labute approximate surface area is 122 Å². The topological polar surface area (TPSA) is 94.2 Å². The maximum absolute atomic E-state index is 11.9. The standard InChI is InChI=1S/C14H17N5O2/c1-9-5-4-6-10(7-9)12(20)21-8-11-16-13(15)18-14(17-11)19(2)3/h4-7H,8H2,1-3H3,(H2,15,16,17,18). The Bertz CT molecular complexity index is 658. The van der Waals surface area contributed by atoms with Gasteiger partial charge in [0.05, 0.1) is 5.56 Å². The lowest BCUT2D eigenvalue weighted by atomic mass is 10.1. The zero-order valence-corrected chi connectivity index (χ0v) is 12.2. The molecule has 7 nitrogen and oxygen atoms in total. The molecular weight excluding hydrogens is 270 g/mol. The number of rotatable bonds is 4. The highest BCUT2D eigenvalue weighted by atomic mass is 16.5. The second-order valence-corrected chi connectivity index (χ2v) is 4.75. The monoisotopic (exact) mass is 287 g/mol. The maximum Gasteiger partial charge on any atom is 0.338 e. The van der Waals surface area contributed by atoms with E-state index in [1.807, 2.05) is 13.0 Å². The summed E-state index contributed by atoms with van der Waals surface area (Å²) in [7, 11) is 3.58. The molecule has 0 aliphatic heterocycles. The van der Waals surface area contributed by atoms with E-state index in [-0.39, 0.29) is 12.6 Å². The second-order valence-electron chi connectivity index (χ2n) is 4.75. The molecule has 0 unspecified atom stereocenters. The molecule has 1 aromatic carbocycles. The predicted octanol–water partition coefficient (Wildman–Crippen LogP) is 1.19. The summed E-state index contributed by atoms with van der Waals surface area (Å²) in [5.74, 6) is 0.399. The van der Waals surface area contributed by atoms with Crippen molar-refractivity contribution in [2.24, 2.45) is 0 Å². The molecule has 0 aliphatic carbocycles. The van der Waals surface area contributed by atoms with Crippen LogP contribution in [0.5, 0.6) is 0 Å². The molecule has 2 aromatic rings. The number of hydrogen-bond acceptors (Lipinski definition) is 7. The van der Waals surface area contributed by atoms with Gasteiger partial charge in [-0.3, -0.25) is 0 Å². The molecule has 7 heteroatoms. The summed E-state index contributed by atoms with van der Waals surface area (Å²) in [5, 5.41) is 0. The fraction of sp³-hybridized carbons (Fsp3) is 0.286. The molecule has 0 atom stereocenters. The van der Waals surface area contributed by atoms with Gasteiger partial charge in [0.1, 0.15) is 0 Å². The fourth-order valence-corrected chi connectivity index (χ4v) is 1.68. The molecule has 0 saturated heterocycles. The minimum Gasteiger partial charge on any atom is -0.454 e. The van der Waals surface area contributed by atoms with E-state index in [9.17, 15) is 4.79 Å². The van der Waals surface area contributed by atoms with Gasteiger partial charge in [-0.25, -0.2) is 4.79 Å². The SMILES string of the molecule is Cc1cccc(C(=O)OCc2nc(N)nc(N(C)C)n2)c1. The molecule has 1 aromatic heterocycles. The molecule has 110 valence electrons. The Kier molecular flexibility index (Phi) is 4.32. The van der Waals surface area contributed by atoms with Crippen LogP contribution in [0.4, 0.5) is 11.9 Å². The van der Waals surface area contributed by atoms with Gasteiger partial charge in [-0.15, -0.1) is 0 Å². The zero-order chi connectivity index (χ0) is 15.4. The number of carbonyl (C=O) groups is 1. The molecule has 1 heterocycles. The molecule has 0 bridgehead atoms. The van der Waals surface area contributed by atoms with Gasteiger partial charge >= 0.3 is 5.97 Å². The number of aromatic nitrogens is 3. The van der Waals surface area contributed by atoms with Crippen LogP contribution in [0.2, 0.25) is 0 Å². The summed E-state index contributed by atoms with van der Waals surface area (Å²) < 4.78 is 5.19. The van der Waals surface area contributed by atoms with Crippen molar-refractivity contribution in [3.8, 4) is 0 Å². The van der Waals surface area contributed by atoms with Crippen molar-refractivity contribution in [2.45, 2.75) is 13.5 Å². The number of esters is 1. The van der Waals surface area contributed by atoms with Gasteiger partial charge in [-0.2, -0.15) is 15.0 Å². The average molecular weight is 287 g/mol. The third-order valence-corrected chi connectivity index (χ3v) is 2.67. The Morgan fingerprint density at radius 1 is 1.29 bits per heavy atom. The number of ether oxygens (including phenoxy) is 1. The number of nitrogens with two attached hydrogens (primary N) is 1. The second kappa shape index (κ2) is 6.17. The van der Waals surface area contributed by atoms with Crippen LogP contribution in [-0.2, 0) is 11.3 Å². The van der Waals surface area contributed by atoms with E-state index in [4.69, 9.17) is 10.5 Å². The molecule has 0 saturated carbocycles. The summed E-state index contributed by atoms with van der Waals surface area (Å²) in [6, 6.07) is 7.17. The lowest BCUT2D eigenvalue weighted by Gasteiger charge is -2.11. The van der Waals surface area contributed by atoms with E-state index in [0.717, 1.165) is 5.56 Å². The average Bonchev–Trinajstić information content (AvgIpc) is 2.44. The molecule has 21 heavy (non-hydrogen) atoms. The smallest absolute Gasteiger partial charge is 0.338 e. The van der Waals surface area contributed by atoms with E-state index < -0.39 is 5.97 Å². The molecule has 0 spiro atoms. The highest BCUT2D eigenvalue weighted by molar-refractivity contribution is 5.89. The molecular formula is C14H17N5O2. The Hall–Kier alpha value is -2.70. The van der Waals surface area contributed by atoms with Gasteiger partial charge in [-0.1, -0.05) is 17.7 Å². The predicted molar refractivity (Wildman–Crippen MR) is 78.9 cm³/mol. The zero-order valence-electron chi connectivity index (χ0n) is 12.2. The van der Waals surface area contributed by atoms with Crippen molar-refractivity contribution in [1.82, 2.24) is 15.0 Å². The number of aryl methyl sites for hydroxylation is 1. The van der Waals surface area contributed by atoms with E-state index >= 15 is 0 Å². The highest BCUT2D eigenvalue weighted by Gasteiger charge is 2.11. The first-order chi connectivity index (χ1) is 9.95. The van der Waals surface area contributed by atoms with Gasteiger partial charge in [0.25, 0.3) is 0 Å². The van der Waals surface area contributed by atoms with Gasteiger partial charge in [0, 0.05) is 14.1 Å². The van der Waals surface area contributed by atoms with E-state index in [0.29, 0.717) is 17.3 Å². The first-order valence-corrected chi connectivity index (χ1v) is 6.37. The quantitative estimate of drug-likeness (QED) is 0.844. The fourth-order valence-electron chi connectivity index (χ4n) is 1.68. The first kappa shape index (κ1) is 14.7. The molecule has 0 radical (unpaired) electrons. The van der Waals surface area contributed by atoms with Crippen LogP contribution >= 0.6 is 0 Å². The van der Waals surface area contributed by atoms with Crippen LogP contribution in [0, 0.1) is 6.92 Å². The van der Waals surface area contributed by atoms with Crippen LogP contribution in [0.1, 0.15) is 21.7 Å². The van der Waals surface area contributed by atoms with Crippen LogP contribution < -0.4 is 10.6 Å². The number of carbonyl (C=O) groups excluding carboxylic acids is 1. The molecule has 2 N–H and O–H groups in total. The van der Waals surface area contributed by atoms with Gasteiger partial charge < -0.3 is 15.4 Å². The first-order valence-electron chi connectivity index (χ1n) is 6.37. The third-order valence-electron chi connectivity index (χ3n) is 2.67. The third kappa shape index (κ3) is 3.88. The number of benzene rings is 1. The highest BCUT2D eigenvalue weighted by Crippen LogP contribution is 2.09. The number of hydrogen-bond donors (Lipinski definition) is 1. The van der Waals surface area contributed by atoms with Crippen molar-refractivity contribution in [1.29, 1.82) is 0 Å². The van der Waals surface area contributed by atoms with Crippen molar-refractivity contribution in [3.05, 3.63) is 41.2 Å². The number of anilines is 2. The number of nitrogen functional groups attached to an aromatic ring is 1. The summed E-state index contributed by atoms with van der Waals surface area (Å²) in [4.78, 5) is 25.7. The van der Waals surface area contributed by atoms with Crippen LogP contribution in [0.25, 0.3) is 0 Å². The number of nitrogens with zero attached hydrogens (tertiary/aromatic N) is 4. The lowest BCUT2D eigenvalue weighted by Crippen LogP contribution is -2.17. The van der Waals surface area contributed by atoms with Gasteiger partial charge in [0.15, 0.2) is 12.4 Å². The Balaban J connectivity index is 2.08. The molecule has 2 rings (SSSR count). The van der Waals surface area contributed by atoms with Crippen LogP contribution in [-0.4, -0.2) is 35.0 Å². The molecule has 0 amide bonds. The van der Waals surface area contributed by atoms with E-state index in [2.05, 4.69) is 15.0 Å². The largest absolute Gasteiger partial charge is 0.454 e. The summed E-state index contributed by atoms with van der Waals surface area (Å²) >= 11 is 0. The van der Waals surface area contributed by atoms with Crippen molar-refractivity contribution in [3.63, 3.8) is 0 Å².